The van der Waals surface area contributed by atoms with E-state index in [0.717, 1.165) is 0 Å². The second-order valence-electron chi connectivity index (χ2n) is 4.63. The Hall–Kier alpha value is -1.77. The number of hydrogen-bond acceptors (Lipinski definition) is 7. The highest BCUT2D eigenvalue weighted by molar-refractivity contribution is 7.92. The first kappa shape index (κ1) is 12.7. The molecule has 18 heavy (non-hydrogen) atoms. The van der Waals surface area contributed by atoms with Crippen molar-refractivity contribution in [3.8, 4) is 0 Å². The standard InChI is InChI=1S/C9H14N6O2S/c1-9(2,18(3,16)17)6-10-7-4-5-8-11-13-14-15(8)12-7/h4-5H,6H2,1-3H3,(H,10,12). The molecule has 2 aromatic rings. The minimum absolute atomic E-state index is 0.256. The summed E-state index contributed by atoms with van der Waals surface area (Å²) in [6, 6.07) is 3.40. The molecule has 0 aliphatic heterocycles. The minimum Gasteiger partial charge on any atom is -0.367 e. The predicted octanol–water partition coefficient (Wildman–Crippen LogP) is -0.246. The summed E-state index contributed by atoms with van der Waals surface area (Å²) in [6.07, 6.45) is 1.21. The van der Waals surface area contributed by atoms with Crippen molar-refractivity contribution in [3.05, 3.63) is 12.1 Å². The topological polar surface area (TPSA) is 102 Å². The van der Waals surface area contributed by atoms with E-state index in [1.165, 1.54) is 10.9 Å². The molecule has 0 saturated heterocycles. The van der Waals surface area contributed by atoms with Gasteiger partial charge in [0.25, 0.3) is 0 Å². The number of nitrogens with zero attached hydrogens (tertiary/aromatic N) is 5. The third-order valence-corrected chi connectivity index (χ3v) is 4.92. The summed E-state index contributed by atoms with van der Waals surface area (Å²) >= 11 is 0. The first-order valence-electron chi connectivity index (χ1n) is 5.28. The number of tetrazole rings is 1. The summed E-state index contributed by atoms with van der Waals surface area (Å²) in [4.78, 5) is 0. The van der Waals surface area contributed by atoms with Crippen molar-refractivity contribution in [1.82, 2.24) is 25.3 Å². The molecular weight excluding hydrogens is 256 g/mol. The van der Waals surface area contributed by atoms with Gasteiger partial charge in [0.15, 0.2) is 15.5 Å². The number of sulfone groups is 1. The van der Waals surface area contributed by atoms with Gasteiger partial charge in [-0.3, -0.25) is 0 Å². The molecule has 98 valence electrons. The van der Waals surface area contributed by atoms with Gasteiger partial charge in [0, 0.05) is 12.8 Å². The van der Waals surface area contributed by atoms with Crippen LogP contribution in [0.2, 0.25) is 0 Å². The smallest absolute Gasteiger partial charge is 0.200 e. The Kier molecular flexibility index (Phi) is 2.93. The van der Waals surface area contributed by atoms with Crippen molar-refractivity contribution in [2.24, 2.45) is 0 Å². The van der Waals surface area contributed by atoms with E-state index in [9.17, 15) is 8.42 Å². The van der Waals surface area contributed by atoms with Crippen LogP contribution in [0.5, 0.6) is 0 Å². The highest BCUT2D eigenvalue weighted by Gasteiger charge is 2.29. The van der Waals surface area contributed by atoms with E-state index >= 15 is 0 Å². The molecule has 0 aromatic carbocycles. The van der Waals surface area contributed by atoms with Crippen molar-refractivity contribution < 1.29 is 8.42 Å². The normalized spacial score (nSPS) is 12.8. The van der Waals surface area contributed by atoms with E-state index in [4.69, 9.17) is 0 Å². The number of anilines is 1. The first-order chi connectivity index (χ1) is 8.29. The molecule has 0 fully saturated rings. The summed E-state index contributed by atoms with van der Waals surface area (Å²) in [5.74, 6) is 0.520. The van der Waals surface area contributed by atoms with Gasteiger partial charge in [0.2, 0.25) is 0 Å². The third-order valence-electron chi connectivity index (χ3n) is 2.77. The Bertz CT molecular complexity index is 663. The van der Waals surface area contributed by atoms with E-state index in [1.807, 2.05) is 0 Å². The predicted molar refractivity (Wildman–Crippen MR) is 66.0 cm³/mol. The number of fused-ring (bicyclic) bond motifs is 1. The molecular formula is C9H14N6O2S. The SMILES string of the molecule is CC(C)(CNc1ccc2nnnn2n1)S(C)(=O)=O. The maximum atomic E-state index is 11.5. The van der Waals surface area contributed by atoms with Crippen molar-refractivity contribution in [2.75, 3.05) is 18.1 Å². The molecule has 0 spiro atoms. The Balaban J connectivity index is 2.15. The molecule has 8 nitrogen and oxygen atoms in total. The lowest BCUT2D eigenvalue weighted by molar-refractivity contribution is 0.559. The zero-order valence-electron chi connectivity index (χ0n) is 10.3. The van der Waals surface area contributed by atoms with Gasteiger partial charge in [0.1, 0.15) is 5.82 Å². The van der Waals surface area contributed by atoms with Crippen molar-refractivity contribution in [3.63, 3.8) is 0 Å². The van der Waals surface area contributed by atoms with Crippen LogP contribution in [-0.2, 0) is 9.84 Å². The molecule has 2 heterocycles. The van der Waals surface area contributed by atoms with Crippen LogP contribution >= 0.6 is 0 Å². The Morgan fingerprint density at radius 2 is 2.11 bits per heavy atom. The Labute approximate surface area is 104 Å². The summed E-state index contributed by atoms with van der Waals surface area (Å²) < 4.78 is 23.5. The number of hydrogen-bond donors (Lipinski definition) is 1. The van der Waals surface area contributed by atoms with Crippen LogP contribution in [0.4, 0.5) is 5.82 Å². The summed E-state index contributed by atoms with van der Waals surface area (Å²) in [7, 11) is -3.14. The molecule has 0 unspecified atom stereocenters. The molecule has 1 N–H and O–H groups in total. The highest BCUT2D eigenvalue weighted by Crippen LogP contribution is 2.15. The zero-order chi connectivity index (χ0) is 13.4. The molecule has 0 saturated carbocycles. The van der Waals surface area contributed by atoms with Crippen LogP contribution in [0.3, 0.4) is 0 Å². The van der Waals surface area contributed by atoms with E-state index in [2.05, 4.69) is 25.9 Å². The molecule has 9 heteroatoms. The maximum absolute atomic E-state index is 11.5. The third kappa shape index (κ3) is 2.40. The zero-order valence-corrected chi connectivity index (χ0v) is 11.1. The lowest BCUT2D eigenvalue weighted by Crippen LogP contribution is -2.38. The summed E-state index contributed by atoms with van der Waals surface area (Å²) in [5.41, 5.74) is 0.530. The molecule has 0 aliphatic rings. The van der Waals surface area contributed by atoms with E-state index < -0.39 is 14.6 Å². The van der Waals surface area contributed by atoms with Crippen LogP contribution in [0.25, 0.3) is 5.65 Å². The van der Waals surface area contributed by atoms with Gasteiger partial charge in [-0.2, -0.15) is 0 Å². The average Bonchev–Trinajstić information content (AvgIpc) is 2.71. The fourth-order valence-corrected chi connectivity index (χ4v) is 1.51. The van der Waals surface area contributed by atoms with Gasteiger partial charge in [-0.15, -0.1) is 14.8 Å². The summed E-state index contributed by atoms with van der Waals surface area (Å²) in [5, 5.41) is 17.9. The van der Waals surface area contributed by atoms with Gasteiger partial charge >= 0.3 is 0 Å². The molecule has 0 atom stereocenters. The van der Waals surface area contributed by atoms with Crippen LogP contribution in [0, 0.1) is 0 Å². The van der Waals surface area contributed by atoms with Crippen molar-refractivity contribution >= 4 is 21.3 Å². The Morgan fingerprint density at radius 1 is 1.39 bits per heavy atom. The number of nitrogens with one attached hydrogen (secondary N) is 1. The van der Waals surface area contributed by atoms with Crippen LogP contribution in [-0.4, -0.2) is 51.2 Å². The molecule has 0 aliphatic carbocycles. The second-order valence-corrected chi connectivity index (χ2v) is 7.28. The molecule has 0 amide bonds. The fraction of sp³-hybridized carbons (Fsp3) is 0.556. The van der Waals surface area contributed by atoms with Gasteiger partial charge < -0.3 is 5.32 Å². The monoisotopic (exact) mass is 270 g/mol. The minimum atomic E-state index is -3.14. The van der Waals surface area contributed by atoms with Crippen LogP contribution in [0.1, 0.15) is 13.8 Å². The average molecular weight is 270 g/mol. The Morgan fingerprint density at radius 3 is 2.78 bits per heavy atom. The van der Waals surface area contributed by atoms with Gasteiger partial charge in [-0.05, 0) is 36.4 Å². The van der Waals surface area contributed by atoms with Crippen molar-refractivity contribution in [1.29, 1.82) is 0 Å². The van der Waals surface area contributed by atoms with Crippen molar-refractivity contribution in [2.45, 2.75) is 18.6 Å². The first-order valence-corrected chi connectivity index (χ1v) is 7.18. The maximum Gasteiger partial charge on any atom is 0.200 e. The quantitative estimate of drug-likeness (QED) is 0.817. The van der Waals surface area contributed by atoms with Gasteiger partial charge in [-0.1, -0.05) is 0 Å². The largest absolute Gasteiger partial charge is 0.367 e. The molecule has 0 bridgehead atoms. The second kappa shape index (κ2) is 4.16. The van der Waals surface area contributed by atoms with E-state index in [1.54, 1.807) is 26.0 Å². The molecule has 2 rings (SSSR count). The highest BCUT2D eigenvalue weighted by atomic mass is 32.2. The van der Waals surface area contributed by atoms with E-state index in [0.29, 0.717) is 11.5 Å². The van der Waals surface area contributed by atoms with Crippen LogP contribution in [0.15, 0.2) is 12.1 Å². The lowest BCUT2D eigenvalue weighted by atomic mass is 10.2. The van der Waals surface area contributed by atoms with E-state index in [-0.39, 0.29) is 6.54 Å². The van der Waals surface area contributed by atoms with Gasteiger partial charge in [-0.25, -0.2) is 8.42 Å². The van der Waals surface area contributed by atoms with Gasteiger partial charge in [0.05, 0.1) is 4.75 Å². The summed E-state index contributed by atoms with van der Waals surface area (Å²) in [6.45, 7) is 3.57. The molecule has 0 radical (unpaired) electrons. The number of rotatable bonds is 4. The fourth-order valence-electron chi connectivity index (χ4n) is 1.18. The van der Waals surface area contributed by atoms with Crippen LogP contribution < -0.4 is 5.32 Å². The molecule has 2 aromatic heterocycles. The lowest BCUT2D eigenvalue weighted by Gasteiger charge is -2.22. The number of aromatic nitrogens is 5.